The molecule has 1 aliphatic rings. The van der Waals surface area contributed by atoms with Crippen molar-refractivity contribution in [3.05, 3.63) is 81.3 Å². The molecular weight excluding hydrogens is 520 g/mol. The lowest BCUT2D eigenvalue weighted by atomic mass is 10.1. The highest BCUT2D eigenvalue weighted by Gasteiger charge is 2.18. The third kappa shape index (κ3) is 5.40. The van der Waals surface area contributed by atoms with E-state index in [1.54, 1.807) is 6.20 Å². The topological polar surface area (TPSA) is 72.5 Å². The first-order chi connectivity index (χ1) is 17.4. The quantitative estimate of drug-likeness (QED) is 0.307. The number of carbonyl (C=O) groups is 1. The summed E-state index contributed by atoms with van der Waals surface area (Å²) in [6.45, 7) is 11.0. The number of amides is 1. The molecule has 0 bridgehead atoms. The van der Waals surface area contributed by atoms with Crippen molar-refractivity contribution in [3.63, 3.8) is 0 Å². The summed E-state index contributed by atoms with van der Waals surface area (Å²) >= 11 is 3.62. The molecule has 0 radical (unpaired) electrons. The molecule has 188 valence electrons. The van der Waals surface area contributed by atoms with E-state index in [-0.39, 0.29) is 5.91 Å². The number of rotatable bonds is 7. The Hall–Kier alpha value is -2.94. The van der Waals surface area contributed by atoms with Gasteiger partial charge in [-0.3, -0.25) is 14.4 Å². The second kappa shape index (κ2) is 10.6. The molecule has 8 heteroatoms. The van der Waals surface area contributed by atoms with Crippen LogP contribution in [-0.2, 0) is 17.8 Å². The zero-order chi connectivity index (χ0) is 25.2. The number of hydrogen-bond acceptors (Lipinski definition) is 5. The Bertz CT molecular complexity index is 1370. The van der Waals surface area contributed by atoms with Gasteiger partial charge in [0.15, 0.2) is 0 Å². The number of carbonyl (C=O) groups excluding carboxylic acids is 1. The van der Waals surface area contributed by atoms with Crippen LogP contribution in [0.5, 0.6) is 0 Å². The van der Waals surface area contributed by atoms with Gasteiger partial charge in [0.05, 0.1) is 31.5 Å². The number of fused-ring (bicyclic) bond motifs is 1. The van der Waals surface area contributed by atoms with Crippen molar-refractivity contribution >= 4 is 38.5 Å². The minimum absolute atomic E-state index is 0.167. The normalized spacial score (nSPS) is 14.6. The molecule has 0 unspecified atom stereocenters. The van der Waals surface area contributed by atoms with Gasteiger partial charge in [-0.2, -0.15) is 5.10 Å². The van der Waals surface area contributed by atoms with E-state index in [1.165, 1.54) is 5.56 Å². The molecular formula is C28H31BrN4O3. The molecule has 0 spiro atoms. The van der Waals surface area contributed by atoms with Crippen LogP contribution in [0.3, 0.4) is 0 Å². The lowest BCUT2D eigenvalue weighted by Crippen LogP contribution is -2.35. The Balaban J connectivity index is 1.28. The summed E-state index contributed by atoms with van der Waals surface area (Å²) in [6, 6.07) is 14.2. The fourth-order valence-electron chi connectivity index (χ4n) is 4.51. The summed E-state index contributed by atoms with van der Waals surface area (Å²) in [6.07, 6.45) is 1.63. The summed E-state index contributed by atoms with van der Waals surface area (Å²) in [5, 5.41) is 8.58. The highest BCUT2D eigenvalue weighted by molar-refractivity contribution is 9.10. The van der Waals surface area contributed by atoms with Crippen LogP contribution in [0.25, 0.3) is 11.0 Å². The number of morpholine rings is 1. The molecule has 1 fully saturated rings. The van der Waals surface area contributed by atoms with E-state index in [0.717, 1.165) is 71.0 Å². The van der Waals surface area contributed by atoms with Gasteiger partial charge in [-0.25, -0.2) is 0 Å². The highest BCUT2D eigenvalue weighted by atomic mass is 79.9. The van der Waals surface area contributed by atoms with Crippen LogP contribution in [0.4, 0.5) is 5.69 Å². The van der Waals surface area contributed by atoms with Crippen LogP contribution in [0.15, 0.2) is 57.6 Å². The van der Waals surface area contributed by atoms with Gasteiger partial charge in [0.25, 0.3) is 5.91 Å². The van der Waals surface area contributed by atoms with Crippen molar-refractivity contribution in [2.24, 2.45) is 0 Å². The van der Waals surface area contributed by atoms with Gasteiger partial charge in [-0.1, -0.05) is 41.9 Å². The Morgan fingerprint density at radius 3 is 2.58 bits per heavy atom. The molecule has 1 N–H and O–H groups in total. The number of halogens is 1. The molecule has 5 rings (SSSR count). The first-order valence-corrected chi connectivity index (χ1v) is 13.1. The van der Waals surface area contributed by atoms with E-state index >= 15 is 0 Å². The molecule has 0 atom stereocenters. The summed E-state index contributed by atoms with van der Waals surface area (Å²) in [5.74, 6) is 1.09. The van der Waals surface area contributed by atoms with Gasteiger partial charge in [0.1, 0.15) is 11.3 Å². The van der Waals surface area contributed by atoms with Crippen molar-refractivity contribution in [3.8, 4) is 0 Å². The summed E-state index contributed by atoms with van der Waals surface area (Å²) in [4.78, 5) is 15.4. The first-order valence-electron chi connectivity index (χ1n) is 12.3. The van der Waals surface area contributed by atoms with Crippen molar-refractivity contribution < 1.29 is 13.9 Å². The van der Waals surface area contributed by atoms with Crippen LogP contribution in [-0.4, -0.2) is 46.9 Å². The third-order valence-electron chi connectivity index (χ3n) is 6.64. The third-order valence-corrected chi connectivity index (χ3v) is 7.09. The fraction of sp³-hybridized carbons (Fsp3) is 0.357. The molecule has 0 aliphatic carbocycles. The van der Waals surface area contributed by atoms with Crippen molar-refractivity contribution in [1.29, 1.82) is 0 Å². The van der Waals surface area contributed by atoms with Crippen molar-refractivity contribution in [2.75, 3.05) is 31.6 Å². The fourth-order valence-corrected chi connectivity index (χ4v) is 5.03. The van der Waals surface area contributed by atoms with E-state index in [9.17, 15) is 4.79 Å². The largest absolute Gasteiger partial charge is 0.460 e. The molecule has 2 aromatic carbocycles. The molecule has 1 aliphatic heterocycles. The molecule has 4 aromatic rings. The molecule has 1 amide bonds. The Morgan fingerprint density at radius 1 is 1.11 bits per heavy atom. The van der Waals surface area contributed by atoms with Gasteiger partial charge >= 0.3 is 0 Å². The molecule has 1 saturated heterocycles. The van der Waals surface area contributed by atoms with E-state index in [0.29, 0.717) is 18.0 Å². The number of furan rings is 1. The van der Waals surface area contributed by atoms with E-state index in [2.05, 4.69) is 75.4 Å². The minimum Gasteiger partial charge on any atom is -0.460 e. The zero-order valence-electron chi connectivity index (χ0n) is 20.9. The van der Waals surface area contributed by atoms with Gasteiger partial charge in [0, 0.05) is 52.4 Å². The zero-order valence-corrected chi connectivity index (χ0v) is 22.5. The number of hydrogen-bond donors (Lipinski definition) is 1. The minimum atomic E-state index is -0.167. The molecule has 3 heterocycles. The summed E-state index contributed by atoms with van der Waals surface area (Å²) in [5.41, 5.74) is 5.22. The Labute approximate surface area is 219 Å². The average molecular weight is 551 g/mol. The van der Waals surface area contributed by atoms with E-state index < -0.39 is 0 Å². The number of ether oxygens (including phenoxy) is 1. The molecule has 36 heavy (non-hydrogen) atoms. The van der Waals surface area contributed by atoms with Crippen LogP contribution >= 0.6 is 15.9 Å². The molecule has 0 saturated carbocycles. The maximum absolute atomic E-state index is 13.0. The summed E-state index contributed by atoms with van der Waals surface area (Å²) < 4.78 is 14.4. The second-order valence-electron chi connectivity index (χ2n) is 9.63. The maximum Gasteiger partial charge on any atom is 0.259 e. The monoisotopic (exact) mass is 550 g/mol. The van der Waals surface area contributed by atoms with Crippen LogP contribution in [0.2, 0.25) is 0 Å². The second-order valence-corrected chi connectivity index (χ2v) is 10.5. The number of nitrogens with zero attached hydrogens (tertiary/aromatic N) is 3. The predicted octanol–water partition coefficient (Wildman–Crippen LogP) is 5.96. The lowest BCUT2D eigenvalue weighted by Gasteiger charge is -2.26. The molecule has 2 aromatic heterocycles. The highest BCUT2D eigenvalue weighted by Crippen LogP contribution is 2.31. The lowest BCUT2D eigenvalue weighted by molar-refractivity contribution is 0.0342. The number of aromatic nitrogens is 2. The number of nitrogens with one attached hydrogen (secondary N) is 1. The number of anilines is 1. The van der Waals surface area contributed by atoms with Crippen LogP contribution < -0.4 is 5.32 Å². The van der Waals surface area contributed by atoms with E-state index in [1.807, 2.05) is 23.7 Å². The smallest absolute Gasteiger partial charge is 0.259 e. The Kier molecular flexibility index (Phi) is 7.27. The summed E-state index contributed by atoms with van der Waals surface area (Å²) in [7, 11) is 0. The van der Waals surface area contributed by atoms with Crippen LogP contribution in [0, 0.1) is 6.92 Å². The van der Waals surface area contributed by atoms with Crippen LogP contribution in [0.1, 0.15) is 52.7 Å². The number of benzene rings is 2. The van der Waals surface area contributed by atoms with Gasteiger partial charge in [0.2, 0.25) is 0 Å². The first kappa shape index (κ1) is 24.7. The van der Waals surface area contributed by atoms with E-state index in [4.69, 9.17) is 9.15 Å². The van der Waals surface area contributed by atoms with Gasteiger partial charge < -0.3 is 14.5 Å². The van der Waals surface area contributed by atoms with Crippen molar-refractivity contribution in [2.45, 2.75) is 39.8 Å². The standard InChI is InChI=1S/C28H31BrN4O3/c1-18(2)26-14-21-12-23(29)13-22(27(21)36-26)17-33-19(3)25(15-30-33)28(34)31-24-6-4-20(5-7-24)16-32-8-10-35-11-9-32/h4-7,12-15,18H,8-11,16-17H2,1-3H3,(H,31,34). The average Bonchev–Trinajstić information content (AvgIpc) is 3.45. The molecule has 7 nitrogen and oxygen atoms in total. The van der Waals surface area contributed by atoms with Crippen molar-refractivity contribution in [1.82, 2.24) is 14.7 Å². The Morgan fingerprint density at radius 2 is 1.86 bits per heavy atom. The predicted molar refractivity (Wildman–Crippen MR) is 145 cm³/mol. The van der Waals surface area contributed by atoms with Gasteiger partial charge in [-0.15, -0.1) is 0 Å². The maximum atomic E-state index is 13.0. The van der Waals surface area contributed by atoms with Gasteiger partial charge in [-0.05, 0) is 42.8 Å². The SMILES string of the molecule is Cc1c(C(=O)Nc2ccc(CN3CCOCC3)cc2)cnn1Cc1cc(Br)cc2cc(C(C)C)oc12.